The van der Waals surface area contributed by atoms with Crippen LogP contribution in [0.1, 0.15) is 25.7 Å². The number of rotatable bonds is 2. The van der Waals surface area contributed by atoms with E-state index in [4.69, 9.17) is 0 Å². The molecule has 2 aliphatic rings. The van der Waals surface area contributed by atoms with E-state index < -0.39 is 0 Å². The van der Waals surface area contributed by atoms with Gasteiger partial charge in [-0.3, -0.25) is 4.79 Å². The van der Waals surface area contributed by atoms with Gasteiger partial charge in [0.25, 0.3) is 0 Å². The van der Waals surface area contributed by atoms with E-state index in [0.29, 0.717) is 0 Å². The maximum atomic E-state index is 10.5. The maximum Gasteiger partial charge on any atom is 0.149 e. The molecule has 1 heterocycles. The lowest BCUT2D eigenvalue weighted by Gasteiger charge is -2.26. The zero-order valence-corrected chi connectivity index (χ0v) is 8.98. The first-order valence-electron chi connectivity index (χ1n) is 5.66. The third-order valence-corrected chi connectivity index (χ3v) is 2.94. The summed E-state index contributed by atoms with van der Waals surface area (Å²) in [5, 5.41) is 0. The van der Waals surface area contributed by atoms with Gasteiger partial charge >= 0.3 is 0 Å². The van der Waals surface area contributed by atoms with Gasteiger partial charge in [0, 0.05) is 24.9 Å². The summed E-state index contributed by atoms with van der Waals surface area (Å²) >= 11 is 0. The van der Waals surface area contributed by atoms with Crippen LogP contribution in [-0.2, 0) is 4.79 Å². The largest absolute Gasteiger partial charge is 0.377 e. The number of likely N-dealkylation sites (tertiary alicyclic amines) is 1. The van der Waals surface area contributed by atoms with Crippen LogP contribution in [0.5, 0.6) is 0 Å². The number of nitrogens with zero attached hydrogens (tertiary/aromatic N) is 1. The minimum absolute atomic E-state index is 0.797. The molecule has 1 aliphatic heterocycles. The molecule has 0 spiro atoms. The normalized spacial score (nSPS) is 24.1. The molecule has 0 aromatic carbocycles. The molecule has 0 bridgehead atoms. The molecule has 0 amide bonds. The Morgan fingerprint density at radius 3 is 2.53 bits per heavy atom. The molecule has 80 valence electrons. The molecule has 2 rings (SSSR count). The van der Waals surface area contributed by atoms with Crippen LogP contribution < -0.4 is 0 Å². The van der Waals surface area contributed by atoms with E-state index in [1.165, 1.54) is 37.9 Å². The molecule has 0 radical (unpaired) electrons. The topological polar surface area (TPSA) is 20.3 Å². The lowest BCUT2D eigenvalue weighted by molar-refractivity contribution is -0.104. The first-order valence-corrected chi connectivity index (χ1v) is 5.66. The Balaban J connectivity index is 1.95. The molecule has 0 saturated carbocycles. The van der Waals surface area contributed by atoms with Crippen molar-refractivity contribution >= 4 is 6.29 Å². The highest BCUT2D eigenvalue weighted by atomic mass is 16.1. The van der Waals surface area contributed by atoms with Crippen LogP contribution in [0.25, 0.3) is 0 Å². The van der Waals surface area contributed by atoms with Gasteiger partial charge in [-0.1, -0.05) is 18.2 Å². The molecular formula is C13H17NO. The fourth-order valence-corrected chi connectivity index (χ4v) is 2.04. The molecule has 1 aliphatic carbocycles. The SMILES string of the molecule is O=CC1=CCC(=CN2CCCCC2)C=C1. The second kappa shape index (κ2) is 4.96. The molecular weight excluding hydrogens is 186 g/mol. The fourth-order valence-electron chi connectivity index (χ4n) is 2.04. The number of aldehydes is 1. The van der Waals surface area contributed by atoms with E-state index in [-0.39, 0.29) is 0 Å². The van der Waals surface area contributed by atoms with Crippen LogP contribution in [-0.4, -0.2) is 24.3 Å². The van der Waals surface area contributed by atoms with Crippen molar-refractivity contribution in [3.8, 4) is 0 Å². The Kier molecular flexibility index (Phi) is 3.38. The van der Waals surface area contributed by atoms with Crippen molar-refractivity contribution < 1.29 is 4.79 Å². The van der Waals surface area contributed by atoms with Crippen LogP contribution in [0, 0.1) is 0 Å². The van der Waals surface area contributed by atoms with Crippen LogP contribution in [0.2, 0.25) is 0 Å². The standard InChI is InChI=1S/C13H17NO/c15-11-13-6-4-12(5-7-13)10-14-8-2-1-3-9-14/h4,6-7,10-11H,1-3,5,8-9H2. The Morgan fingerprint density at radius 1 is 1.13 bits per heavy atom. The molecule has 2 heteroatoms. The van der Waals surface area contributed by atoms with Crippen molar-refractivity contribution in [2.45, 2.75) is 25.7 Å². The average molecular weight is 203 g/mol. The second-order valence-electron chi connectivity index (χ2n) is 4.16. The predicted octanol–water partition coefficient (Wildman–Crippen LogP) is 2.44. The minimum atomic E-state index is 0.797. The molecule has 1 fully saturated rings. The van der Waals surface area contributed by atoms with Crippen molar-refractivity contribution in [2.24, 2.45) is 0 Å². The van der Waals surface area contributed by atoms with E-state index >= 15 is 0 Å². The van der Waals surface area contributed by atoms with Crippen molar-refractivity contribution in [2.75, 3.05) is 13.1 Å². The summed E-state index contributed by atoms with van der Waals surface area (Å²) in [4.78, 5) is 12.9. The van der Waals surface area contributed by atoms with E-state index in [0.717, 1.165) is 18.3 Å². The van der Waals surface area contributed by atoms with Crippen LogP contribution >= 0.6 is 0 Å². The van der Waals surface area contributed by atoms with Gasteiger partial charge in [-0.2, -0.15) is 0 Å². The molecule has 0 aromatic rings. The Morgan fingerprint density at radius 2 is 1.93 bits per heavy atom. The smallest absolute Gasteiger partial charge is 0.149 e. The van der Waals surface area contributed by atoms with Gasteiger partial charge in [-0.25, -0.2) is 0 Å². The Bertz CT molecular complexity index is 319. The quantitative estimate of drug-likeness (QED) is 0.642. The lowest BCUT2D eigenvalue weighted by Crippen LogP contribution is -2.24. The summed E-state index contributed by atoms with van der Waals surface area (Å²) in [6, 6.07) is 0. The molecule has 0 N–H and O–H groups in total. The third kappa shape index (κ3) is 2.82. The first-order chi connectivity index (χ1) is 7.38. The lowest BCUT2D eigenvalue weighted by atomic mass is 10.0. The Hall–Kier alpha value is -1.31. The monoisotopic (exact) mass is 203 g/mol. The molecule has 15 heavy (non-hydrogen) atoms. The summed E-state index contributed by atoms with van der Waals surface area (Å²) in [7, 11) is 0. The predicted molar refractivity (Wildman–Crippen MR) is 61.4 cm³/mol. The van der Waals surface area contributed by atoms with Crippen molar-refractivity contribution in [3.05, 3.63) is 35.6 Å². The Labute approximate surface area is 91.0 Å². The van der Waals surface area contributed by atoms with Gasteiger partial charge in [-0.05, 0) is 31.3 Å². The number of carbonyl (C=O) groups is 1. The zero-order valence-electron chi connectivity index (χ0n) is 8.98. The van der Waals surface area contributed by atoms with Gasteiger partial charge in [0.15, 0.2) is 0 Å². The second-order valence-corrected chi connectivity index (χ2v) is 4.16. The highest BCUT2D eigenvalue weighted by molar-refractivity contribution is 5.78. The number of hydrogen-bond donors (Lipinski definition) is 0. The van der Waals surface area contributed by atoms with Gasteiger partial charge in [-0.15, -0.1) is 0 Å². The summed E-state index contributed by atoms with van der Waals surface area (Å²) in [6.07, 6.45) is 14.0. The highest BCUT2D eigenvalue weighted by Crippen LogP contribution is 2.17. The van der Waals surface area contributed by atoms with E-state index in [9.17, 15) is 4.79 Å². The molecule has 0 unspecified atom stereocenters. The number of hydrogen-bond acceptors (Lipinski definition) is 2. The summed E-state index contributed by atoms with van der Waals surface area (Å²) in [5.74, 6) is 0. The summed E-state index contributed by atoms with van der Waals surface area (Å²) in [5.41, 5.74) is 2.10. The van der Waals surface area contributed by atoms with E-state index in [2.05, 4.69) is 17.2 Å². The van der Waals surface area contributed by atoms with Crippen molar-refractivity contribution in [1.82, 2.24) is 4.90 Å². The number of piperidine rings is 1. The molecule has 0 aromatic heterocycles. The van der Waals surface area contributed by atoms with Crippen molar-refractivity contribution in [3.63, 3.8) is 0 Å². The van der Waals surface area contributed by atoms with Gasteiger partial charge in [0.1, 0.15) is 6.29 Å². The third-order valence-electron chi connectivity index (χ3n) is 2.94. The summed E-state index contributed by atoms with van der Waals surface area (Å²) < 4.78 is 0. The summed E-state index contributed by atoms with van der Waals surface area (Å²) in [6.45, 7) is 2.36. The van der Waals surface area contributed by atoms with Crippen LogP contribution in [0.15, 0.2) is 35.6 Å². The van der Waals surface area contributed by atoms with Gasteiger partial charge < -0.3 is 4.90 Å². The van der Waals surface area contributed by atoms with E-state index in [1.807, 2.05) is 12.2 Å². The van der Waals surface area contributed by atoms with Gasteiger partial charge in [0.2, 0.25) is 0 Å². The molecule has 0 atom stereocenters. The number of allylic oxidation sites excluding steroid dienone is 5. The maximum absolute atomic E-state index is 10.5. The van der Waals surface area contributed by atoms with Crippen LogP contribution in [0.4, 0.5) is 0 Å². The van der Waals surface area contributed by atoms with Gasteiger partial charge in [0.05, 0.1) is 0 Å². The van der Waals surface area contributed by atoms with Crippen LogP contribution in [0.3, 0.4) is 0 Å². The molecule has 1 saturated heterocycles. The highest BCUT2D eigenvalue weighted by Gasteiger charge is 2.07. The van der Waals surface area contributed by atoms with Crippen molar-refractivity contribution in [1.29, 1.82) is 0 Å². The average Bonchev–Trinajstić information content (AvgIpc) is 2.31. The fraction of sp³-hybridized carbons (Fsp3) is 0.462. The number of carbonyl (C=O) groups excluding carboxylic acids is 1. The molecule has 2 nitrogen and oxygen atoms in total. The zero-order chi connectivity index (χ0) is 10.5. The first kappa shape index (κ1) is 10.2. The minimum Gasteiger partial charge on any atom is -0.377 e. The van der Waals surface area contributed by atoms with E-state index in [1.54, 1.807) is 0 Å².